The molecule has 15 heavy (non-hydrogen) atoms. The molecule has 0 saturated carbocycles. The van der Waals surface area contributed by atoms with Crippen molar-refractivity contribution in [3.05, 3.63) is 22.3 Å². The number of aryl methyl sites for hydroxylation is 1. The van der Waals surface area contributed by atoms with Crippen molar-refractivity contribution >= 4 is 21.7 Å². The van der Waals surface area contributed by atoms with Crippen molar-refractivity contribution in [3.63, 3.8) is 0 Å². The van der Waals surface area contributed by atoms with E-state index >= 15 is 0 Å². The van der Waals surface area contributed by atoms with E-state index in [9.17, 15) is 0 Å². The number of hydrogen-bond donors (Lipinski definition) is 2. The van der Waals surface area contributed by atoms with E-state index in [1.54, 1.807) is 0 Å². The summed E-state index contributed by atoms with van der Waals surface area (Å²) in [7, 11) is 0. The molecule has 0 aliphatic rings. The van der Waals surface area contributed by atoms with Gasteiger partial charge >= 0.3 is 0 Å². The van der Waals surface area contributed by atoms with Crippen LogP contribution in [-0.4, -0.2) is 17.6 Å². The molecule has 0 amide bonds. The Labute approximate surface area is 99.6 Å². The summed E-state index contributed by atoms with van der Waals surface area (Å²) in [4.78, 5) is 4.30. The molecule has 1 rings (SSSR count). The Kier molecular flexibility index (Phi) is 5.05. The molecule has 0 saturated heterocycles. The maximum atomic E-state index is 5.69. The molecule has 1 heterocycles. The highest BCUT2D eigenvalue weighted by atomic mass is 79.9. The summed E-state index contributed by atoms with van der Waals surface area (Å²) in [6, 6.07) is 2.28. The number of anilines is 1. The SMILES string of the molecule is CCCC(CN)Nc1nccc(C)c1Br. The second-order valence-corrected chi connectivity index (χ2v) is 4.45. The van der Waals surface area contributed by atoms with Crippen LogP contribution >= 0.6 is 15.9 Å². The second-order valence-electron chi connectivity index (χ2n) is 3.66. The molecule has 0 fully saturated rings. The van der Waals surface area contributed by atoms with Crippen LogP contribution < -0.4 is 11.1 Å². The molecule has 1 aromatic rings. The zero-order valence-electron chi connectivity index (χ0n) is 9.26. The Bertz CT molecular complexity index is 315. The van der Waals surface area contributed by atoms with Crippen LogP contribution in [0.1, 0.15) is 25.3 Å². The monoisotopic (exact) mass is 271 g/mol. The third kappa shape index (κ3) is 3.47. The molecule has 3 N–H and O–H groups in total. The van der Waals surface area contributed by atoms with E-state index in [1.807, 2.05) is 19.2 Å². The molecular weight excluding hydrogens is 254 g/mol. The number of pyridine rings is 1. The molecule has 4 heteroatoms. The van der Waals surface area contributed by atoms with E-state index in [2.05, 4.69) is 33.2 Å². The van der Waals surface area contributed by atoms with Crippen molar-refractivity contribution in [1.29, 1.82) is 0 Å². The molecule has 0 aromatic carbocycles. The van der Waals surface area contributed by atoms with E-state index in [-0.39, 0.29) is 0 Å². The number of halogens is 1. The highest BCUT2D eigenvalue weighted by molar-refractivity contribution is 9.10. The van der Waals surface area contributed by atoms with E-state index in [1.165, 1.54) is 5.56 Å². The zero-order valence-corrected chi connectivity index (χ0v) is 10.8. The van der Waals surface area contributed by atoms with Crippen LogP contribution in [0.5, 0.6) is 0 Å². The quantitative estimate of drug-likeness (QED) is 0.866. The molecule has 1 unspecified atom stereocenters. The number of aromatic nitrogens is 1. The lowest BCUT2D eigenvalue weighted by Gasteiger charge is -2.17. The molecule has 1 aromatic heterocycles. The highest BCUT2D eigenvalue weighted by Gasteiger charge is 2.09. The lowest BCUT2D eigenvalue weighted by Crippen LogP contribution is -2.29. The van der Waals surface area contributed by atoms with Crippen LogP contribution in [0.25, 0.3) is 0 Å². The van der Waals surface area contributed by atoms with Gasteiger partial charge in [0.05, 0.1) is 4.47 Å². The topological polar surface area (TPSA) is 50.9 Å². The lowest BCUT2D eigenvalue weighted by atomic mass is 10.1. The Morgan fingerprint density at radius 3 is 2.93 bits per heavy atom. The standard InChI is InChI=1S/C11H18BrN3/c1-3-4-9(7-13)15-11-10(12)8(2)5-6-14-11/h5-6,9H,3-4,7,13H2,1-2H3,(H,14,15). The largest absolute Gasteiger partial charge is 0.365 e. The van der Waals surface area contributed by atoms with E-state index in [4.69, 9.17) is 5.73 Å². The Balaban J connectivity index is 2.74. The first-order chi connectivity index (χ1) is 7.19. The van der Waals surface area contributed by atoms with Gasteiger partial charge < -0.3 is 11.1 Å². The molecule has 84 valence electrons. The second kappa shape index (κ2) is 6.08. The minimum Gasteiger partial charge on any atom is -0.365 e. The van der Waals surface area contributed by atoms with E-state index in [0.717, 1.165) is 23.1 Å². The van der Waals surface area contributed by atoms with Gasteiger partial charge in [-0.25, -0.2) is 4.98 Å². The number of nitrogens with two attached hydrogens (primary N) is 1. The van der Waals surface area contributed by atoms with Crippen LogP contribution in [0.2, 0.25) is 0 Å². The van der Waals surface area contributed by atoms with Crippen molar-refractivity contribution in [1.82, 2.24) is 4.98 Å². The van der Waals surface area contributed by atoms with Gasteiger partial charge in [-0.1, -0.05) is 13.3 Å². The van der Waals surface area contributed by atoms with Gasteiger partial charge in [0.15, 0.2) is 0 Å². The minimum absolute atomic E-state index is 0.306. The van der Waals surface area contributed by atoms with Crippen molar-refractivity contribution < 1.29 is 0 Å². The number of rotatable bonds is 5. The Morgan fingerprint density at radius 2 is 2.33 bits per heavy atom. The normalized spacial score (nSPS) is 12.5. The Morgan fingerprint density at radius 1 is 1.60 bits per heavy atom. The van der Waals surface area contributed by atoms with Crippen molar-refractivity contribution in [2.45, 2.75) is 32.7 Å². The summed E-state index contributed by atoms with van der Waals surface area (Å²) in [6.07, 6.45) is 4.00. The molecule has 0 radical (unpaired) electrons. The molecule has 1 atom stereocenters. The number of hydrogen-bond acceptors (Lipinski definition) is 3. The van der Waals surface area contributed by atoms with Gasteiger partial charge in [0, 0.05) is 18.8 Å². The van der Waals surface area contributed by atoms with Gasteiger partial charge in [0.1, 0.15) is 5.82 Å². The molecule has 0 aliphatic carbocycles. The summed E-state index contributed by atoms with van der Waals surface area (Å²) in [5, 5.41) is 3.36. The van der Waals surface area contributed by atoms with E-state index < -0.39 is 0 Å². The fourth-order valence-electron chi connectivity index (χ4n) is 1.43. The smallest absolute Gasteiger partial charge is 0.140 e. The van der Waals surface area contributed by atoms with Crippen LogP contribution in [0, 0.1) is 6.92 Å². The van der Waals surface area contributed by atoms with Gasteiger partial charge in [-0.2, -0.15) is 0 Å². The van der Waals surface area contributed by atoms with Gasteiger partial charge in [-0.3, -0.25) is 0 Å². The first-order valence-corrected chi connectivity index (χ1v) is 6.06. The summed E-state index contributed by atoms with van der Waals surface area (Å²) in [6.45, 7) is 4.84. The first kappa shape index (κ1) is 12.5. The van der Waals surface area contributed by atoms with Crippen LogP contribution in [0.3, 0.4) is 0 Å². The van der Waals surface area contributed by atoms with Crippen molar-refractivity contribution in [2.24, 2.45) is 5.73 Å². The number of nitrogens with zero attached hydrogens (tertiary/aromatic N) is 1. The third-order valence-electron chi connectivity index (χ3n) is 2.34. The van der Waals surface area contributed by atoms with E-state index in [0.29, 0.717) is 12.6 Å². The van der Waals surface area contributed by atoms with Gasteiger partial charge in [0.25, 0.3) is 0 Å². The van der Waals surface area contributed by atoms with Crippen LogP contribution in [-0.2, 0) is 0 Å². The average molecular weight is 272 g/mol. The fourth-order valence-corrected chi connectivity index (χ4v) is 1.78. The van der Waals surface area contributed by atoms with Gasteiger partial charge in [-0.05, 0) is 40.9 Å². The molecule has 0 aliphatic heterocycles. The number of nitrogens with one attached hydrogen (secondary N) is 1. The first-order valence-electron chi connectivity index (χ1n) is 5.26. The predicted molar refractivity (Wildman–Crippen MR) is 68.0 cm³/mol. The lowest BCUT2D eigenvalue weighted by molar-refractivity contribution is 0.645. The molecule has 0 bridgehead atoms. The summed E-state index contributed by atoms with van der Waals surface area (Å²) >= 11 is 3.52. The third-order valence-corrected chi connectivity index (χ3v) is 3.35. The maximum Gasteiger partial charge on any atom is 0.140 e. The van der Waals surface area contributed by atoms with Gasteiger partial charge in [-0.15, -0.1) is 0 Å². The highest BCUT2D eigenvalue weighted by Crippen LogP contribution is 2.24. The summed E-state index contributed by atoms with van der Waals surface area (Å²) in [5.74, 6) is 0.888. The minimum atomic E-state index is 0.306. The fraction of sp³-hybridized carbons (Fsp3) is 0.545. The molecular formula is C11H18BrN3. The van der Waals surface area contributed by atoms with Crippen LogP contribution in [0.4, 0.5) is 5.82 Å². The summed E-state index contributed by atoms with van der Waals surface area (Å²) in [5.41, 5.74) is 6.87. The van der Waals surface area contributed by atoms with Crippen molar-refractivity contribution in [3.8, 4) is 0 Å². The Hall–Kier alpha value is -0.610. The summed E-state index contributed by atoms with van der Waals surface area (Å²) < 4.78 is 1.03. The molecule has 3 nitrogen and oxygen atoms in total. The predicted octanol–water partition coefficient (Wildman–Crippen LogP) is 2.69. The maximum absolute atomic E-state index is 5.69. The zero-order chi connectivity index (χ0) is 11.3. The average Bonchev–Trinajstić information content (AvgIpc) is 2.24. The van der Waals surface area contributed by atoms with Crippen molar-refractivity contribution in [2.75, 3.05) is 11.9 Å². The molecule has 0 spiro atoms. The van der Waals surface area contributed by atoms with Gasteiger partial charge in [0.2, 0.25) is 0 Å². The van der Waals surface area contributed by atoms with Crippen LogP contribution in [0.15, 0.2) is 16.7 Å².